The van der Waals surface area contributed by atoms with Crippen LogP contribution in [-0.4, -0.2) is 9.97 Å². The summed E-state index contributed by atoms with van der Waals surface area (Å²) in [6.45, 7) is -2.42. The minimum atomic E-state index is -2.42. The number of hydrogen-bond donors (Lipinski definition) is 0. The number of aromatic nitrogens is 2. The smallest absolute Gasteiger partial charge is 0.235 e. The van der Waals surface area contributed by atoms with E-state index in [1.807, 2.05) is 78.9 Å². The number of hydrogen-bond acceptors (Lipinski definition) is 4. The fraction of sp³-hybridized carbons (Fsp3) is 0.0213. The zero-order valence-corrected chi connectivity index (χ0v) is 29.5. The van der Waals surface area contributed by atoms with Crippen molar-refractivity contribution in [2.75, 3.05) is 4.67 Å². The second kappa shape index (κ2) is 11.5. The number of nitrogens with zero attached hydrogens (tertiary/aromatic N) is 3. The maximum atomic E-state index is 9.22. The van der Waals surface area contributed by atoms with Crippen molar-refractivity contribution in [1.82, 2.24) is 9.97 Å². The number of anilines is 2. The summed E-state index contributed by atoms with van der Waals surface area (Å²) < 4.78 is 32.3. The van der Waals surface area contributed by atoms with Gasteiger partial charge in [-0.2, -0.15) is 0 Å². The Balaban J connectivity index is 1.40. The standard InChI is InChI=1S/C47H30N3PS/c1-29-33-21-9-8-18-31(33)28-38-41-34-22-10-11-23-35(34)42-37-25-13-15-27-40(37)52-46(42)44(41)50(51(45(29)38)32-19-6-3-7-20-32)47-48-39-26-14-12-24-36(39)43(49-47)30-16-4-2-5-17-30/h2-28H,1H3/i1D3. The molecule has 0 saturated carbocycles. The lowest BCUT2D eigenvalue weighted by molar-refractivity contribution is 1.17. The normalized spacial score (nSPS) is 15.1. The first kappa shape index (κ1) is 26.8. The van der Waals surface area contributed by atoms with E-state index in [2.05, 4.69) is 89.6 Å². The molecule has 3 nitrogen and oxygen atoms in total. The highest BCUT2D eigenvalue weighted by molar-refractivity contribution is 7.75. The lowest BCUT2D eigenvalue weighted by Crippen LogP contribution is -2.33. The van der Waals surface area contributed by atoms with Crippen LogP contribution in [0.25, 0.3) is 75.0 Å². The van der Waals surface area contributed by atoms with Crippen LogP contribution in [0.3, 0.4) is 0 Å². The fourth-order valence-electron chi connectivity index (χ4n) is 8.04. The number of thiophene rings is 1. The Kier molecular flexibility index (Phi) is 5.96. The molecular weight excluding hydrogens is 670 g/mol. The van der Waals surface area contributed by atoms with E-state index in [0.717, 1.165) is 75.8 Å². The van der Waals surface area contributed by atoms with E-state index in [4.69, 9.17) is 9.97 Å². The number of aryl methyl sites for hydroxylation is 1. The molecule has 3 heterocycles. The summed E-state index contributed by atoms with van der Waals surface area (Å²) in [5, 5.41) is 9.03. The van der Waals surface area contributed by atoms with E-state index < -0.39 is 14.9 Å². The maximum absolute atomic E-state index is 9.22. The molecule has 1 aliphatic rings. The summed E-state index contributed by atoms with van der Waals surface area (Å²) in [4.78, 5) is 11.0. The van der Waals surface area contributed by atoms with E-state index in [0.29, 0.717) is 11.5 Å². The van der Waals surface area contributed by atoms with Crippen molar-refractivity contribution in [2.45, 2.75) is 6.85 Å². The summed E-state index contributed by atoms with van der Waals surface area (Å²) in [7, 11) is -1.61. The van der Waals surface area contributed by atoms with E-state index in [9.17, 15) is 4.11 Å². The molecule has 1 unspecified atom stereocenters. The molecule has 8 aromatic carbocycles. The maximum Gasteiger partial charge on any atom is 0.235 e. The number of fused-ring (bicyclic) bond motifs is 12. The van der Waals surface area contributed by atoms with Crippen LogP contribution in [0.5, 0.6) is 0 Å². The third-order valence-corrected chi connectivity index (χ3v) is 13.9. The van der Waals surface area contributed by atoms with E-state index >= 15 is 0 Å². The molecule has 10 aromatic rings. The van der Waals surface area contributed by atoms with Gasteiger partial charge in [-0.25, -0.2) is 9.97 Å². The largest absolute Gasteiger partial charge is 0.278 e. The van der Waals surface area contributed by atoms with Gasteiger partial charge in [0.1, 0.15) is 0 Å². The Morgan fingerprint density at radius 3 is 2.08 bits per heavy atom. The molecule has 52 heavy (non-hydrogen) atoms. The van der Waals surface area contributed by atoms with Gasteiger partial charge in [0, 0.05) is 46.7 Å². The first-order valence-corrected chi connectivity index (χ1v) is 19.5. The summed E-state index contributed by atoms with van der Waals surface area (Å²) in [5.41, 5.74) is 6.00. The second-order valence-electron chi connectivity index (χ2n) is 13.2. The number of para-hydroxylation sites is 1. The highest BCUT2D eigenvalue weighted by atomic mass is 32.1. The van der Waals surface area contributed by atoms with Gasteiger partial charge in [-0.1, -0.05) is 146 Å². The van der Waals surface area contributed by atoms with Gasteiger partial charge in [-0.05, 0) is 57.7 Å². The van der Waals surface area contributed by atoms with Crippen LogP contribution in [0.4, 0.5) is 11.6 Å². The van der Waals surface area contributed by atoms with Crippen molar-refractivity contribution in [1.29, 1.82) is 0 Å². The van der Waals surface area contributed by atoms with E-state index in [1.165, 1.54) is 15.5 Å². The zero-order chi connectivity index (χ0) is 36.8. The average Bonchev–Trinajstić information content (AvgIpc) is 3.62. The van der Waals surface area contributed by atoms with Gasteiger partial charge in [0.2, 0.25) is 5.95 Å². The lowest BCUT2D eigenvalue weighted by Gasteiger charge is -2.41. The summed E-state index contributed by atoms with van der Waals surface area (Å²) in [6, 6.07) is 56.2. The van der Waals surface area contributed by atoms with Gasteiger partial charge < -0.3 is 0 Å². The quantitative estimate of drug-likeness (QED) is 0.172. The monoisotopic (exact) mass is 702 g/mol. The van der Waals surface area contributed by atoms with Gasteiger partial charge in [0.25, 0.3) is 0 Å². The summed E-state index contributed by atoms with van der Waals surface area (Å²) >= 11 is 1.78. The molecule has 0 fully saturated rings. The highest BCUT2D eigenvalue weighted by Crippen LogP contribution is 2.62. The third-order valence-electron chi connectivity index (χ3n) is 10.3. The van der Waals surface area contributed by atoms with Crippen molar-refractivity contribution >= 4 is 94.3 Å². The van der Waals surface area contributed by atoms with Gasteiger partial charge in [-0.15, -0.1) is 11.3 Å². The summed E-state index contributed by atoms with van der Waals surface area (Å²) in [6.07, 6.45) is 0. The third kappa shape index (κ3) is 4.29. The first-order chi connectivity index (χ1) is 27.0. The van der Waals surface area contributed by atoms with Crippen LogP contribution in [0.1, 0.15) is 9.68 Å². The lowest BCUT2D eigenvalue weighted by atomic mass is 9.90. The van der Waals surface area contributed by atoms with Crippen LogP contribution in [-0.2, 0) is 0 Å². The molecule has 1 atom stereocenters. The number of rotatable bonds is 3. The first-order valence-electron chi connectivity index (χ1n) is 18.9. The molecule has 0 spiro atoms. The van der Waals surface area contributed by atoms with Gasteiger partial charge in [0.05, 0.1) is 29.7 Å². The molecule has 0 aliphatic carbocycles. The van der Waals surface area contributed by atoms with Crippen LogP contribution in [0.2, 0.25) is 0 Å². The minimum Gasteiger partial charge on any atom is -0.278 e. The molecule has 0 saturated heterocycles. The number of benzene rings is 8. The molecule has 11 rings (SSSR count). The van der Waals surface area contributed by atoms with Crippen molar-refractivity contribution in [3.63, 3.8) is 0 Å². The Hall–Kier alpha value is -5.93. The molecule has 0 radical (unpaired) electrons. The van der Waals surface area contributed by atoms with E-state index in [-0.39, 0.29) is 0 Å². The minimum absolute atomic E-state index is 0.385. The van der Waals surface area contributed by atoms with Crippen LogP contribution in [0, 0.1) is 6.85 Å². The van der Waals surface area contributed by atoms with Crippen LogP contribution in [0.15, 0.2) is 164 Å². The Bertz CT molecular complexity index is 3160. The Morgan fingerprint density at radius 2 is 1.27 bits per heavy atom. The van der Waals surface area contributed by atoms with Crippen molar-refractivity contribution in [3.05, 3.63) is 169 Å². The molecule has 244 valence electrons. The predicted octanol–water partition coefficient (Wildman–Crippen LogP) is 12.4. The molecular formula is C47H30N3PS. The van der Waals surface area contributed by atoms with E-state index in [1.54, 1.807) is 11.3 Å². The molecule has 1 aliphatic heterocycles. The van der Waals surface area contributed by atoms with Gasteiger partial charge in [0.15, 0.2) is 0 Å². The predicted molar refractivity (Wildman–Crippen MR) is 224 cm³/mol. The Morgan fingerprint density at radius 1 is 0.615 bits per heavy atom. The second-order valence-corrected chi connectivity index (χ2v) is 16.2. The zero-order valence-electron chi connectivity index (χ0n) is 30.8. The average molecular weight is 703 g/mol. The molecule has 0 N–H and O–H groups in total. The van der Waals surface area contributed by atoms with Gasteiger partial charge in [-0.3, -0.25) is 4.67 Å². The molecule has 0 bridgehead atoms. The van der Waals surface area contributed by atoms with Crippen LogP contribution >= 0.6 is 19.4 Å². The summed E-state index contributed by atoms with van der Waals surface area (Å²) in [5.74, 6) is 0.540. The SMILES string of the molecule is [2H]C([2H])([2H])c1c2c(cc3ccccc13)-c1c(c3sc4ccccc4c3c3ccccc13)N(c1nc(-c3ccccc3)c3ccccc3n1)P2c1ccccc1. The topological polar surface area (TPSA) is 29.0 Å². The van der Waals surface area contributed by atoms with Crippen molar-refractivity contribution < 1.29 is 4.11 Å². The fourth-order valence-corrected chi connectivity index (χ4v) is 11.9. The molecule has 5 heteroatoms. The van der Waals surface area contributed by atoms with Crippen molar-refractivity contribution in [3.8, 4) is 22.4 Å². The van der Waals surface area contributed by atoms with Crippen LogP contribution < -0.4 is 15.3 Å². The van der Waals surface area contributed by atoms with Gasteiger partial charge >= 0.3 is 0 Å². The molecule has 0 amide bonds. The highest BCUT2D eigenvalue weighted by Gasteiger charge is 2.40. The van der Waals surface area contributed by atoms with Crippen molar-refractivity contribution in [2.24, 2.45) is 0 Å². The molecule has 2 aromatic heterocycles. The Labute approximate surface area is 310 Å².